The van der Waals surface area contributed by atoms with Gasteiger partial charge >= 0.3 is 5.97 Å². The normalized spacial score (nSPS) is 12.3. The first-order valence-electron chi connectivity index (χ1n) is 6.82. The van der Waals surface area contributed by atoms with Crippen molar-refractivity contribution in [1.29, 1.82) is 0 Å². The Morgan fingerprint density at radius 2 is 1.95 bits per heavy atom. The number of carbonyl (C=O) groups is 1. The number of nitrogens with one attached hydrogen (secondary N) is 1. The van der Waals surface area contributed by atoms with Gasteiger partial charge in [0.2, 0.25) is 0 Å². The predicted molar refractivity (Wildman–Crippen MR) is 78.8 cm³/mol. The average Bonchev–Trinajstić information content (AvgIpc) is 2.43. The Morgan fingerprint density at radius 3 is 2.55 bits per heavy atom. The summed E-state index contributed by atoms with van der Waals surface area (Å²) in [5.41, 5.74) is 2.44. The van der Waals surface area contributed by atoms with Crippen LogP contribution in [0.2, 0.25) is 0 Å². The molecule has 1 aromatic heterocycles. The highest BCUT2D eigenvalue weighted by atomic mass is 16.4. The molecule has 0 aliphatic heterocycles. The molecule has 0 saturated carbocycles. The van der Waals surface area contributed by atoms with E-state index in [2.05, 4.69) is 15.3 Å². The van der Waals surface area contributed by atoms with Crippen molar-refractivity contribution >= 4 is 22.8 Å². The lowest BCUT2D eigenvalue weighted by atomic mass is 10.0. The van der Waals surface area contributed by atoms with Crippen LogP contribution in [0.15, 0.2) is 24.3 Å². The molecule has 0 aliphatic rings. The molecule has 0 fully saturated rings. The Kier molecular flexibility index (Phi) is 4.50. The Morgan fingerprint density at radius 1 is 1.30 bits per heavy atom. The maximum Gasteiger partial charge on any atom is 0.308 e. The minimum Gasteiger partial charge on any atom is -0.481 e. The van der Waals surface area contributed by atoms with Gasteiger partial charge in [-0.3, -0.25) is 4.79 Å². The highest BCUT2D eigenvalue weighted by molar-refractivity contribution is 5.76. The van der Waals surface area contributed by atoms with E-state index < -0.39 is 11.9 Å². The Labute approximate surface area is 118 Å². The molecule has 5 nitrogen and oxygen atoms in total. The summed E-state index contributed by atoms with van der Waals surface area (Å²) in [5, 5.41) is 12.3. The summed E-state index contributed by atoms with van der Waals surface area (Å²) in [6, 6.07) is 7.64. The molecule has 0 spiro atoms. The smallest absolute Gasteiger partial charge is 0.308 e. The van der Waals surface area contributed by atoms with Crippen LogP contribution in [-0.4, -0.2) is 27.6 Å². The number of carboxylic acids is 1. The van der Waals surface area contributed by atoms with E-state index in [-0.39, 0.29) is 0 Å². The summed E-state index contributed by atoms with van der Waals surface area (Å²) in [6.07, 6.45) is 1.50. The molecule has 2 N–H and O–H groups in total. The lowest BCUT2D eigenvalue weighted by molar-refractivity contribution is -0.141. The fourth-order valence-electron chi connectivity index (χ4n) is 2.14. The number of para-hydroxylation sites is 2. The minimum atomic E-state index is -0.772. The molecule has 0 bridgehead atoms. The van der Waals surface area contributed by atoms with E-state index in [9.17, 15) is 4.79 Å². The van der Waals surface area contributed by atoms with Crippen LogP contribution in [0.1, 0.15) is 25.5 Å². The van der Waals surface area contributed by atoms with Crippen molar-refractivity contribution in [3.63, 3.8) is 0 Å². The Balaban J connectivity index is 2.16. The summed E-state index contributed by atoms with van der Waals surface area (Å²) < 4.78 is 0. The molecule has 20 heavy (non-hydrogen) atoms. The summed E-state index contributed by atoms with van der Waals surface area (Å²) in [7, 11) is 0. The van der Waals surface area contributed by atoms with Crippen molar-refractivity contribution in [3.8, 4) is 0 Å². The van der Waals surface area contributed by atoms with Crippen LogP contribution in [0, 0.1) is 12.8 Å². The molecule has 1 aromatic carbocycles. The molecule has 5 heteroatoms. The van der Waals surface area contributed by atoms with Crippen LogP contribution < -0.4 is 5.32 Å². The van der Waals surface area contributed by atoms with E-state index >= 15 is 0 Å². The average molecular weight is 273 g/mol. The van der Waals surface area contributed by atoms with Crippen molar-refractivity contribution in [1.82, 2.24) is 9.97 Å². The van der Waals surface area contributed by atoms with E-state index in [1.54, 1.807) is 0 Å². The van der Waals surface area contributed by atoms with E-state index in [1.807, 2.05) is 38.1 Å². The van der Waals surface area contributed by atoms with Crippen molar-refractivity contribution in [2.24, 2.45) is 5.92 Å². The van der Waals surface area contributed by atoms with Crippen LogP contribution in [0.5, 0.6) is 0 Å². The number of fused-ring (bicyclic) bond motifs is 1. The van der Waals surface area contributed by atoms with E-state index in [0.717, 1.165) is 23.1 Å². The standard InChI is InChI=1S/C15H19N3O2/c1-3-6-11(15(19)20)9-16-14-10(2)17-12-7-4-5-8-13(12)18-14/h4-5,7-8,11H,3,6,9H2,1-2H3,(H,16,18)(H,19,20). The molecular weight excluding hydrogens is 254 g/mol. The molecule has 0 saturated heterocycles. The van der Waals surface area contributed by atoms with Crippen molar-refractivity contribution in [2.75, 3.05) is 11.9 Å². The highest BCUT2D eigenvalue weighted by Crippen LogP contribution is 2.17. The SMILES string of the molecule is CCCC(CNc1nc2ccccc2nc1C)C(=O)O. The number of carboxylic acid groups (broad SMARTS) is 1. The number of aryl methyl sites for hydroxylation is 1. The zero-order chi connectivity index (χ0) is 14.5. The van der Waals surface area contributed by atoms with Gasteiger partial charge in [-0.2, -0.15) is 0 Å². The van der Waals surface area contributed by atoms with Gasteiger partial charge in [-0.25, -0.2) is 9.97 Å². The number of hydrogen-bond donors (Lipinski definition) is 2. The van der Waals surface area contributed by atoms with E-state index in [0.29, 0.717) is 18.8 Å². The third kappa shape index (κ3) is 3.23. The van der Waals surface area contributed by atoms with Crippen LogP contribution in [-0.2, 0) is 4.79 Å². The van der Waals surface area contributed by atoms with Crippen LogP contribution in [0.25, 0.3) is 11.0 Å². The zero-order valence-electron chi connectivity index (χ0n) is 11.8. The molecule has 2 rings (SSSR count). The molecule has 0 aliphatic carbocycles. The lowest BCUT2D eigenvalue weighted by Gasteiger charge is -2.14. The maximum atomic E-state index is 11.1. The monoisotopic (exact) mass is 273 g/mol. The van der Waals surface area contributed by atoms with E-state index in [4.69, 9.17) is 5.11 Å². The quantitative estimate of drug-likeness (QED) is 0.846. The van der Waals surface area contributed by atoms with Gasteiger partial charge in [-0.05, 0) is 25.5 Å². The number of nitrogens with zero attached hydrogens (tertiary/aromatic N) is 2. The Bertz CT molecular complexity index is 613. The van der Waals surface area contributed by atoms with E-state index in [1.165, 1.54) is 0 Å². The summed E-state index contributed by atoms with van der Waals surface area (Å²) in [4.78, 5) is 20.1. The highest BCUT2D eigenvalue weighted by Gasteiger charge is 2.16. The fourth-order valence-corrected chi connectivity index (χ4v) is 2.14. The number of aliphatic carboxylic acids is 1. The lowest BCUT2D eigenvalue weighted by Crippen LogP contribution is -2.23. The third-order valence-electron chi connectivity index (χ3n) is 3.25. The van der Waals surface area contributed by atoms with Gasteiger partial charge in [0.25, 0.3) is 0 Å². The minimum absolute atomic E-state index is 0.372. The second-order valence-corrected chi connectivity index (χ2v) is 4.85. The third-order valence-corrected chi connectivity index (χ3v) is 3.25. The molecule has 2 aromatic rings. The van der Waals surface area contributed by atoms with Crippen molar-refractivity contribution < 1.29 is 9.90 Å². The van der Waals surface area contributed by atoms with Gasteiger partial charge < -0.3 is 10.4 Å². The molecule has 0 amide bonds. The summed E-state index contributed by atoms with van der Waals surface area (Å²) in [6.45, 7) is 4.23. The van der Waals surface area contributed by atoms with Crippen LogP contribution in [0.3, 0.4) is 0 Å². The summed E-state index contributed by atoms with van der Waals surface area (Å²) >= 11 is 0. The molecule has 0 radical (unpaired) electrons. The maximum absolute atomic E-state index is 11.1. The number of aromatic nitrogens is 2. The molecule has 106 valence electrons. The van der Waals surface area contributed by atoms with Crippen molar-refractivity contribution in [3.05, 3.63) is 30.0 Å². The van der Waals surface area contributed by atoms with Gasteiger partial charge in [0.1, 0.15) is 5.82 Å². The second-order valence-electron chi connectivity index (χ2n) is 4.85. The number of benzene rings is 1. The van der Waals surface area contributed by atoms with Gasteiger partial charge in [0, 0.05) is 6.54 Å². The zero-order valence-corrected chi connectivity index (χ0v) is 11.8. The van der Waals surface area contributed by atoms with Crippen LogP contribution in [0.4, 0.5) is 5.82 Å². The molecular formula is C15H19N3O2. The van der Waals surface area contributed by atoms with Gasteiger partial charge in [0.15, 0.2) is 0 Å². The van der Waals surface area contributed by atoms with Crippen molar-refractivity contribution in [2.45, 2.75) is 26.7 Å². The first-order valence-corrected chi connectivity index (χ1v) is 6.82. The second kappa shape index (κ2) is 6.32. The number of hydrogen-bond acceptors (Lipinski definition) is 4. The molecule has 1 atom stereocenters. The fraction of sp³-hybridized carbons (Fsp3) is 0.400. The van der Waals surface area contributed by atoms with Crippen LogP contribution >= 0.6 is 0 Å². The first kappa shape index (κ1) is 14.2. The van der Waals surface area contributed by atoms with Gasteiger partial charge in [-0.15, -0.1) is 0 Å². The predicted octanol–water partition coefficient (Wildman–Crippen LogP) is 2.85. The first-order chi connectivity index (χ1) is 9.61. The largest absolute Gasteiger partial charge is 0.481 e. The Hall–Kier alpha value is -2.17. The topological polar surface area (TPSA) is 75.1 Å². The summed E-state index contributed by atoms with van der Waals surface area (Å²) in [5.74, 6) is -0.510. The number of rotatable bonds is 6. The van der Waals surface area contributed by atoms with Gasteiger partial charge in [-0.1, -0.05) is 25.5 Å². The molecule has 1 unspecified atom stereocenters. The molecule has 1 heterocycles. The number of anilines is 1. The van der Waals surface area contributed by atoms with Gasteiger partial charge in [0.05, 0.1) is 22.6 Å².